The Morgan fingerprint density at radius 2 is 2.05 bits per heavy atom. The topological polar surface area (TPSA) is 35.5 Å². The van der Waals surface area contributed by atoms with Gasteiger partial charge in [-0.25, -0.2) is 0 Å². The van der Waals surface area contributed by atoms with Gasteiger partial charge in [0, 0.05) is 25.3 Å². The van der Waals surface area contributed by atoms with E-state index in [-0.39, 0.29) is 12.1 Å². The first-order valence-electron chi connectivity index (χ1n) is 7.11. The molecule has 2 N–H and O–H groups in total. The van der Waals surface area contributed by atoms with Crippen LogP contribution in [0, 0.1) is 6.92 Å². The van der Waals surface area contributed by atoms with Crippen LogP contribution in [0.2, 0.25) is 0 Å². The van der Waals surface area contributed by atoms with Gasteiger partial charge >= 0.3 is 0 Å². The maximum atomic E-state index is 9.47. The molecule has 0 radical (unpaired) electrons. The third-order valence-corrected chi connectivity index (χ3v) is 4.09. The third-order valence-electron chi connectivity index (χ3n) is 4.09. The number of nitrogens with one attached hydrogen (secondary N) is 1. The molecule has 0 amide bonds. The molecular weight excluding hydrogens is 236 g/mol. The smallest absolute Gasteiger partial charge is 0.0658 e. The molecule has 0 atom stereocenters. The Kier molecular flexibility index (Phi) is 4.16. The average Bonchev–Trinajstić information content (AvgIpc) is 3.19. The van der Waals surface area contributed by atoms with E-state index < -0.39 is 0 Å². The number of hydrogen-bond acceptors (Lipinski definition) is 3. The van der Waals surface area contributed by atoms with E-state index in [0.29, 0.717) is 0 Å². The van der Waals surface area contributed by atoms with Crippen molar-refractivity contribution in [2.75, 3.05) is 18.6 Å². The molecule has 0 bridgehead atoms. The molecule has 0 spiro atoms. The molecule has 0 saturated heterocycles. The van der Waals surface area contributed by atoms with Gasteiger partial charge in [0.2, 0.25) is 0 Å². The summed E-state index contributed by atoms with van der Waals surface area (Å²) in [4.78, 5) is 2.15. The van der Waals surface area contributed by atoms with Crippen LogP contribution >= 0.6 is 0 Å². The summed E-state index contributed by atoms with van der Waals surface area (Å²) >= 11 is 0. The molecule has 1 saturated carbocycles. The van der Waals surface area contributed by atoms with Crippen molar-refractivity contribution in [2.45, 2.75) is 51.7 Å². The lowest BCUT2D eigenvalue weighted by atomic mass is 10.0. The van der Waals surface area contributed by atoms with Crippen molar-refractivity contribution < 1.29 is 5.11 Å². The second-order valence-corrected chi connectivity index (χ2v) is 6.31. The maximum Gasteiger partial charge on any atom is 0.0658 e. The Labute approximate surface area is 116 Å². The number of likely N-dealkylation sites (N-methyl/N-ethyl adjacent to an activating group) is 1. The number of hydrogen-bond donors (Lipinski definition) is 2. The molecule has 3 nitrogen and oxygen atoms in total. The summed E-state index contributed by atoms with van der Waals surface area (Å²) < 4.78 is 0. The van der Waals surface area contributed by atoms with Crippen LogP contribution in [-0.4, -0.2) is 30.3 Å². The Hall–Kier alpha value is -1.06. The molecule has 0 unspecified atom stereocenters. The number of anilines is 1. The zero-order valence-corrected chi connectivity index (χ0v) is 12.5. The van der Waals surface area contributed by atoms with Crippen LogP contribution in [0.3, 0.4) is 0 Å². The summed E-state index contributed by atoms with van der Waals surface area (Å²) in [6, 6.07) is 7.34. The van der Waals surface area contributed by atoms with Gasteiger partial charge in [0.1, 0.15) is 0 Å². The number of aliphatic hydroxyl groups is 1. The predicted octanol–water partition coefficient (Wildman–Crippen LogP) is 2.45. The standard InChI is InChI=1S/C16H26N2O/c1-12-9-13(10-17-14-6-7-14)5-8-15(12)18(4)16(2,3)11-19/h5,8-9,14,17,19H,6-7,10-11H2,1-4H3. The van der Waals surface area contributed by atoms with Gasteiger partial charge in [0.05, 0.1) is 12.1 Å². The van der Waals surface area contributed by atoms with Crippen LogP contribution in [0.5, 0.6) is 0 Å². The van der Waals surface area contributed by atoms with Crippen LogP contribution < -0.4 is 10.2 Å². The number of aryl methyl sites for hydroxylation is 1. The molecule has 1 aliphatic carbocycles. The fourth-order valence-corrected chi connectivity index (χ4v) is 2.19. The molecule has 19 heavy (non-hydrogen) atoms. The van der Waals surface area contributed by atoms with Crippen molar-refractivity contribution in [1.82, 2.24) is 5.32 Å². The van der Waals surface area contributed by atoms with Crippen LogP contribution in [0.4, 0.5) is 5.69 Å². The van der Waals surface area contributed by atoms with Crippen LogP contribution in [-0.2, 0) is 6.54 Å². The largest absolute Gasteiger partial charge is 0.394 e. The van der Waals surface area contributed by atoms with Gasteiger partial charge in [-0.15, -0.1) is 0 Å². The minimum absolute atomic E-state index is 0.147. The van der Waals surface area contributed by atoms with Gasteiger partial charge in [-0.3, -0.25) is 0 Å². The van der Waals surface area contributed by atoms with E-state index in [4.69, 9.17) is 0 Å². The van der Waals surface area contributed by atoms with Crippen LogP contribution in [0.25, 0.3) is 0 Å². The van der Waals surface area contributed by atoms with Gasteiger partial charge in [0.25, 0.3) is 0 Å². The predicted molar refractivity (Wildman–Crippen MR) is 80.6 cm³/mol. The first-order chi connectivity index (χ1) is 8.94. The number of nitrogens with zero attached hydrogens (tertiary/aromatic N) is 1. The quantitative estimate of drug-likeness (QED) is 0.826. The average molecular weight is 262 g/mol. The lowest BCUT2D eigenvalue weighted by Gasteiger charge is -2.37. The summed E-state index contributed by atoms with van der Waals surface area (Å²) in [7, 11) is 2.04. The molecular formula is C16H26N2O. The normalized spacial score (nSPS) is 15.6. The minimum Gasteiger partial charge on any atom is -0.394 e. The van der Waals surface area contributed by atoms with Crippen molar-refractivity contribution in [3.8, 4) is 0 Å². The summed E-state index contributed by atoms with van der Waals surface area (Å²) in [6.07, 6.45) is 2.65. The molecule has 0 aromatic heterocycles. The van der Waals surface area contributed by atoms with E-state index in [1.807, 2.05) is 7.05 Å². The second-order valence-electron chi connectivity index (χ2n) is 6.31. The summed E-state index contributed by atoms with van der Waals surface area (Å²) in [6.45, 7) is 7.34. The number of benzene rings is 1. The van der Waals surface area contributed by atoms with Crippen molar-refractivity contribution in [3.63, 3.8) is 0 Å². The fraction of sp³-hybridized carbons (Fsp3) is 0.625. The molecule has 1 aliphatic rings. The molecule has 1 fully saturated rings. The fourth-order valence-electron chi connectivity index (χ4n) is 2.19. The van der Waals surface area contributed by atoms with E-state index in [1.54, 1.807) is 0 Å². The van der Waals surface area contributed by atoms with Crippen molar-refractivity contribution in [3.05, 3.63) is 29.3 Å². The van der Waals surface area contributed by atoms with Gasteiger partial charge in [-0.2, -0.15) is 0 Å². The van der Waals surface area contributed by atoms with Gasteiger partial charge in [0.15, 0.2) is 0 Å². The van der Waals surface area contributed by atoms with E-state index in [1.165, 1.54) is 29.7 Å². The summed E-state index contributed by atoms with van der Waals surface area (Å²) in [5.41, 5.74) is 3.55. The molecule has 1 aromatic carbocycles. The second kappa shape index (κ2) is 5.51. The highest BCUT2D eigenvalue weighted by Crippen LogP contribution is 2.27. The first kappa shape index (κ1) is 14.4. The molecule has 0 aliphatic heterocycles. The summed E-state index contributed by atoms with van der Waals surface area (Å²) in [5.74, 6) is 0. The van der Waals surface area contributed by atoms with E-state index in [9.17, 15) is 5.11 Å². The van der Waals surface area contributed by atoms with Crippen molar-refractivity contribution >= 4 is 5.69 Å². The molecule has 3 heteroatoms. The van der Waals surface area contributed by atoms with E-state index in [0.717, 1.165) is 12.6 Å². The SMILES string of the molecule is Cc1cc(CNC2CC2)ccc1N(C)C(C)(C)CO. The highest BCUT2D eigenvalue weighted by atomic mass is 16.3. The number of rotatable bonds is 6. The van der Waals surface area contributed by atoms with Crippen molar-refractivity contribution in [2.24, 2.45) is 0 Å². The summed E-state index contributed by atoms with van der Waals surface area (Å²) in [5, 5.41) is 13.0. The van der Waals surface area contributed by atoms with Gasteiger partial charge in [-0.1, -0.05) is 12.1 Å². The first-order valence-corrected chi connectivity index (χ1v) is 7.11. The Morgan fingerprint density at radius 3 is 2.58 bits per heavy atom. The minimum atomic E-state index is -0.238. The zero-order valence-electron chi connectivity index (χ0n) is 12.5. The zero-order chi connectivity index (χ0) is 14.0. The van der Waals surface area contributed by atoms with Crippen LogP contribution in [0.15, 0.2) is 18.2 Å². The molecule has 2 rings (SSSR count). The van der Waals surface area contributed by atoms with E-state index >= 15 is 0 Å². The highest BCUT2D eigenvalue weighted by molar-refractivity contribution is 5.55. The lowest BCUT2D eigenvalue weighted by Crippen LogP contribution is -2.44. The van der Waals surface area contributed by atoms with Gasteiger partial charge in [-0.05, 0) is 50.8 Å². The van der Waals surface area contributed by atoms with E-state index in [2.05, 4.69) is 49.2 Å². The molecule has 0 heterocycles. The third kappa shape index (κ3) is 3.48. The van der Waals surface area contributed by atoms with Crippen molar-refractivity contribution in [1.29, 1.82) is 0 Å². The Bertz CT molecular complexity index is 438. The highest BCUT2D eigenvalue weighted by Gasteiger charge is 2.24. The monoisotopic (exact) mass is 262 g/mol. The van der Waals surface area contributed by atoms with Gasteiger partial charge < -0.3 is 15.3 Å². The Morgan fingerprint density at radius 1 is 1.37 bits per heavy atom. The van der Waals surface area contributed by atoms with Crippen LogP contribution in [0.1, 0.15) is 37.8 Å². The number of aliphatic hydroxyl groups excluding tert-OH is 1. The maximum absolute atomic E-state index is 9.47. The molecule has 106 valence electrons. The lowest BCUT2D eigenvalue weighted by molar-refractivity contribution is 0.216. The Balaban J connectivity index is 2.09. The molecule has 1 aromatic rings.